The third-order valence-electron chi connectivity index (χ3n) is 1.80. The summed E-state index contributed by atoms with van der Waals surface area (Å²) in [6.07, 6.45) is -1.90. The van der Waals surface area contributed by atoms with Gasteiger partial charge in [-0.15, -0.1) is 0 Å². The van der Waals surface area contributed by atoms with E-state index >= 15 is 0 Å². The number of thiocarbonyl (C=S) groups is 1. The van der Waals surface area contributed by atoms with Gasteiger partial charge in [0.1, 0.15) is 6.61 Å². The molecule has 4 nitrogen and oxygen atoms in total. The van der Waals surface area contributed by atoms with Gasteiger partial charge in [0.2, 0.25) is 5.91 Å². The molecule has 1 atom stereocenters. The average Bonchev–Trinajstić information content (AvgIpc) is 2.20. The molecule has 1 amide bonds. The molecule has 0 saturated heterocycles. The lowest BCUT2D eigenvalue weighted by atomic mass is 10.2. The molecule has 0 aromatic carbocycles. The molecular formula is C9H16F2N2O2S. The fraction of sp³-hybridized carbons (Fsp3) is 0.778. The van der Waals surface area contributed by atoms with E-state index in [-0.39, 0.29) is 30.0 Å². The Bertz CT molecular complexity index is 240. The minimum absolute atomic E-state index is 0.0197. The zero-order valence-corrected chi connectivity index (χ0v) is 9.86. The van der Waals surface area contributed by atoms with Gasteiger partial charge < -0.3 is 15.8 Å². The molecule has 7 heteroatoms. The Labute approximate surface area is 98.5 Å². The molecule has 0 bridgehead atoms. The van der Waals surface area contributed by atoms with Gasteiger partial charge in [-0.05, 0) is 6.42 Å². The van der Waals surface area contributed by atoms with E-state index in [0.29, 0.717) is 6.42 Å². The van der Waals surface area contributed by atoms with Gasteiger partial charge in [0.15, 0.2) is 0 Å². The first-order chi connectivity index (χ1) is 7.47. The fourth-order valence-corrected chi connectivity index (χ4v) is 1.20. The maximum absolute atomic E-state index is 11.7. The van der Waals surface area contributed by atoms with E-state index < -0.39 is 13.0 Å². The van der Waals surface area contributed by atoms with Crippen LogP contribution in [0, 0.1) is 0 Å². The normalized spacial score (nSPS) is 12.5. The molecule has 94 valence electrons. The van der Waals surface area contributed by atoms with Crippen LogP contribution in [-0.2, 0) is 9.53 Å². The maximum atomic E-state index is 11.7. The predicted molar refractivity (Wildman–Crippen MR) is 60.4 cm³/mol. The second-order valence-corrected chi connectivity index (χ2v) is 3.62. The highest BCUT2D eigenvalue weighted by atomic mass is 32.1. The van der Waals surface area contributed by atoms with Gasteiger partial charge in [-0.1, -0.05) is 19.1 Å². The Morgan fingerprint density at radius 1 is 1.56 bits per heavy atom. The lowest BCUT2D eigenvalue weighted by Gasteiger charge is -2.15. The van der Waals surface area contributed by atoms with E-state index in [1.54, 1.807) is 0 Å². The molecule has 0 saturated carbocycles. The smallest absolute Gasteiger partial charge is 0.261 e. The topological polar surface area (TPSA) is 64.3 Å². The van der Waals surface area contributed by atoms with E-state index in [9.17, 15) is 13.6 Å². The molecule has 0 aliphatic carbocycles. The van der Waals surface area contributed by atoms with Crippen LogP contribution in [0.25, 0.3) is 0 Å². The van der Waals surface area contributed by atoms with Crippen LogP contribution in [0.3, 0.4) is 0 Å². The summed E-state index contributed by atoms with van der Waals surface area (Å²) < 4.78 is 27.9. The Balaban J connectivity index is 3.69. The van der Waals surface area contributed by atoms with E-state index in [2.05, 4.69) is 10.1 Å². The lowest BCUT2D eigenvalue weighted by molar-refractivity contribution is -0.122. The summed E-state index contributed by atoms with van der Waals surface area (Å²) in [6.45, 7) is 1.14. The summed E-state index contributed by atoms with van der Waals surface area (Å²) in [5.74, 6) is -0.311. The third kappa shape index (κ3) is 7.47. The molecule has 3 N–H and O–H groups in total. The first-order valence-electron chi connectivity index (χ1n) is 4.92. The van der Waals surface area contributed by atoms with Crippen molar-refractivity contribution in [3.05, 3.63) is 0 Å². The predicted octanol–water partition coefficient (Wildman–Crippen LogP) is 0.839. The van der Waals surface area contributed by atoms with Crippen LogP contribution < -0.4 is 11.1 Å². The number of carbonyl (C=O) groups is 1. The van der Waals surface area contributed by atoms with Gasteiger partial charge in [-0.3, -0.25) is 4.79 Å². The van der Waals surface area contributed by atoms with Crippen molar-refractivity contribution in [3.8, 4) is 0 Å². The maximum Gasteiger partial charge on any atom is 0.261 e. The van der Waals surface area contributed by atoms with Gasteiger partial charge in [0.25, 0.3) is 6.43 Å². The summed E-state index contributed by atoms with van der Waals surface area (Å²) in [5.41, 5.74) is 5.38. The second kappa shape index (κ2) is 8.35. The summed E-state index contributed by atoms with van der Waals surface area (Å²) >= 11 is 4.74. The van der Waals surface area contributed by atoms with Crippen molar-refractivity contribution in [2.45, 2.75) is 32.2 Å². The first kappa shape index (κ1) is 15.2. The Morgan fingerprint density at radius 3 is 2.62 bits per heavy atom. The number of halogens is 2. The van der Waals surface area contributed by atoms with Gasteiger partial charge in [0, 0.05) is 6.42 Å². The van der Waals surface area contributed by atoms with Gasteiger partial charge >= 0.3 is 0 Å². The van der Waals surface area contributed by atoms with Crippen molar-refractivity contribution in [1.82, 2.24) is 5.32 Å². The Kier molecular flexibility index (Phi) is 7.92. The Hall–Kier alpha value is -0.820. The quantitative estimate of drug-likeness (QED) is 0.497. The molecule has 0 rings (SSSR count). The van der Waals surface area contributed by atoms with Crippen molar-refractivity contribution < 1.29 is 18.3 Å². The molecule has 0 spiro atoms. The molecule has 0 aromatic rings. The zero-order valence-electron chi connectivity index (χ0n) is 9.04. The number of rotatable bonds is 8. The van der Waals surface area contributed by atoms with Crippen LogP contribution in [0.4, 0.5) is 8.78 Å². The van der Waals surface area contributed by atoms with E-state index in [4.69, 9.17) is 18.0 Å². The summed E-state index contributed by atoms with van der Waals surface area (Å²) in [4.78, 5) is 11.5. The van der Waals surface area contributed by atoms with Crippen molar-refractivity contribution in [2.24, 2.45) is 5.73 Å². The molecule has 0 aromatic heterocycles. The molecular weight excluding hydrogens is 238 g/mol. The van der Waals surface area contributed by atoms with Gasteiger partial charge in [0.05, 0.1) is 17.6 Å². The van der Waals surface area contributed by atoms with Gasteiger partial charge in [-0.25, -0.2) is 8.78 Å². The number of alkyl halides is 2. The number of nitrogens with two attached hydrogens (primary N) is 1. The van der Waals surface area contributed by atoms with Crippen molar-refractivity contribution in [1.29, 1.82) is 0 Å². The monoisotopic (exact) mass is 254 g/mol. The fourth-order valence-electron chi connectivity index (χ4n) is 0.978. The van der Waals surface area contributed by atoms with E-state index in [0.717, 1.165) is 0 Å². The van der Waals surface area contributed by atoms with Gasteiger partial charge in [-0.2, -0.15) is 0 Å². The molecule has 16 heavy (non-hydrogen) atoms. The third-order valence-corrected chi connectivity index (χ3v) is 2.09. The SMILES string of the molecule is CCC(NC(=O)CCOCC(F)F)C(N)=S. The number of nitrogens with one attached hydrogen (secondary N) is 1. The summed E-state index contributed by atoms with van der Waals surface area (Å²) in [6, 6.07) is -0.349. The number of ether oxygens (including phenoxy) is 1. The van der Waals surface area contributed by atoms with Crippen LogP contribution in [-0.4, -0.2) is 36.6 Å². The zero-order chi connectivity index (χ0) is 12.6. The lowest BCUT2D eigenvalue weighted by Crippen LogP contribution is -2.43. The molecule has 0 radical (unpaired) electrons. The number of carbonyl (C=O) groups excluding carboxylic acids is 1. The number of hydrogen-bond donors (Lipinski definition) is 2. The van der Waals surface area contributed by atoms with Crippen molar-refractivity contribution in [3.63, 3.8) is 0 Å². The highest BCUT2D eigenvalue weighted by molar-refractivity contribution is 7.80. The molecule has 0 aliphatic heterocycles. The van der Waals surface area contributed by atoms with Crippen LogP contribution in [0.15, 0.2) is 0 Å². The minimum atomic E-state index is -2.51. The average molecular weight is 254 g/mol. The largest absolute Gasteiger partial charge is 0.392 e. The molecule has 1 unspecified atom stereocenters. The summed E-state index contributed by atoms with van der Waals surface area (Å²) in [7, 11) is 0. The molecule has 0 fully saturated rings. The molecule has 0 aliphatic rings. The first-order valence-corrected chi connectivity index (χ1v) is 5.32. The van der Waals surface area contributed by atoms with Crippen molar-refractivity contribution >= 4 is 23.1 Å². The number of amides is 1. The van der Waals surface area contributed by atoms with Crippen LogP contribution >= 0.6 is 12.2 Å². The van der Waals surface area contributed by atoms with Crippen molar-refractivity contribution in [2.75, 3.05) is 13.2 Å². The van der Waals surface area contributed by atoms with E-state index in [1.165, 1.54) is 0 Å². The standard InChI is InChI=1S/C9H16F2N2O2S/c1-2-6(9(12)16)13-8(14)3-4-15-5-7(10)11/h6-7H,2-5H2,1H3,(H2,12,16)(H,13,14). The van der Waals surface area contributed by atoms with Crippen LogP contribution in [0.2, 0.25) is 0 Å². The second-order valence-electron chi connectivity index (χ2n) is 3.15. The Morgan fingerprint density at radius 2 is 2.19 bits per heavy atom. The highest BCUT2D eigenvalue weighted by Gasteiger charge is 2.12. The minimum Gasteiger partial charge on any atom is -0.392 e. The van der Waals surface area contributed by atoms with Crippen LogP contribution in [0.1, 0.15) is 19.8 Å². The highest BCUT2D eigenvalue weighted by Crippen LogP contribution is 1.95. The number of hydrogen-bond acceptors (Lipinski definition) is 3. The molecule has 0 heterocycles. The van der Waals surface area contributed by atoms with E-state index in [1.807, 2.05) is 6.92 Å². The van der Waals surface area contributed by atoms with Crippen LogP contribution in [0.5, 0.6) is 0 Å². The summed E-state index contributed by atoms with van der Waals surface area (Å²) in [5, 5.41) is 2.58.